The summed E-state index contributed by atoms with van der Waals surface area (Å²) in [6.07, 6.45) is -1.87. The van der Waals surface area contributed by atoms with E-state index in [9.17, 15) is 18.0 Å². The zero-order chi connectivity index (χ0) is 10.1. The second kappa shape index (κ2) is 3.00. The Morgan fingerprint density at radius 1 is 1.54 bits per heavy atom. The molecule has 0 unspecified atom stereocenters. The van der Waals surface area contributed by atoms with E-state index in [2.05, 4.69) is 5.32 Å². The lowest BCUT2D eigenvalue weighted by molar-refractivity contribution is -0.105. The van der Waals surface area contributed by atoms with E-state index in [0.717, 1.165) is 6.20 Å². The van der Waals surface area contributed by atoms with Crippen LogP contribution in [0.5, 0.6) is 0 Å². The van der Waals surface area contributed by atoms with Gasteiger partial charge in [-0.15, -0.1) is 0 Å². The largest absolute Gasteiger partial charge is 0.433 e. The van der Waals surface area contributed by atoms with Crippen LogP contribution in [0.4, 0.5) is 18.0 Å². The van der Waals surface area contributed by atoms with Gasteiger partial charge in [0, 0.05) is 18.6 Å². The molecule has 1 rings (SSSR count). The van der Waals surface area contributed by atoms with Gasteiger partial charge in [-0.1, -0.05) is 0 Å². The first-order chi connectivity index (χ1) is 5.93. The third-order valence-corrected chi connectivity index (χ3v) is 1.33. The van der Waals surface area contributed by atoms with Crippen molar-refractivity contribution < 1.29 is 18.0 Å². The van der Waals surface area contributed by atoms with Crippen molar-refractivity contribution >= 4 is 6.03 Å². The second-order valence-electron chi connectivity index (χ2n) is 2.22. The monoisotopic (exact) mass is 193 g/mol. The normalized spacial score (nSPS) is 16.5. The minimum atomic E-state index is -4.60. The summed E-state index contributed by atoms with van der Waals surface area (Å²) in [7, 11) is 0. The Balaban J connectivity index is 2.95. The Bertz CT molecular complexity index is 281. The van der Waals surface area contributed by atoms with Gasteiger partial charge in [0.15, 0.2) is 0 Å². The molecule has 72 valence electrons. The SMILES string of the molecule is NC(=O)N1C=CNC=C1C(F)(F)F. The van der Waals surface area contributed by atoms with Crippen molar-refractivity contribution in [3.8, 4) is 0 Å². The van der Waals surface area contributed by atoms with E-state index in [1.165, 1.54) is 6.20 Å². The van der Waals surface area contributed by atoms with Crippen molar-refractivity contribution in [2.24, 2.45) is 5.73 Å². The number of carbonyl (C=O) groups is 1. The summed E-state index contributed by atoms with van der Waals surface area (Å²) in [6.45, 7) is 0. The lowest BCUT2D eigenvalue weighted by Crippen LogP contribution is -2.39. The van der Waals surface area contributed by atoms with E-state index in [4.69, 9.17) is 5.73 Å². The van der Waals surface area contributed by atoms with E-state index in [-0.39, 0.29) is 0 Å². The quantitative estimate of drug-likeness (QED) is 0.599. The number of urea groups is 1. The fourth-order valence-corrected chi connectivity index (χ4v) is 0.805. The molecule has 0 aromatic carbocycles. The van der Waals surface area contributed by atoms with Gasteiger partial charge in [0.05, 0.1) is 0 Å². The number of hydrogen-bond acceptors (Lipinski definition) is 2. The van der Waals surface area contributed by atoms with Crippen molar-refractivity contribution in [3.05, 3.63) is 24.3 Å². The van der Waals surface area contributed by atoms with Crippen molar-refractivity contribution in [2.75, 3.05) is 0 Å². The smallest absolute Gasteiger partial charge is 0.365 e. The van der Waals surface area contributed by atoms with E-state index >= 15 is 0 Å². The molecular weight excluding hydrogens is 187 g/mol. The molecule has 0 bridgehead atoms. The molecule has 1 aliphatic rings. The molecule has 0 aromatic rings. The summed E-state index contributed by atoms with van der Waals surface area (Å²) in [5.41, 5.74) is 3.58. The van der Waals surface area contributed by atoms with E-state index < -0.39 is 17.9 Å². The zero-order valence-corrected chi connectivity index (χ0v) is 6.30. The second-order valence-corrected chi connectivity index (χ2v) is 2.22. The molecular formula is C6H6F3N3O. The number of primary amides is 1. The van der Waals surface area contributed by atoms with Gasteiger partial charge in [0.1, 0.15) is 5.70 Å². The highest BCUT2D eigenvalue weighted by molar-refractivity contribution is 5.75. The van der Waals surface area contributed by atoms with E-state index in [1.54, 1.807) is 0 Å². The highest BCUT2D eigenvalue weighted by Gasteiger charge is 2.39. The van der Waals surface area contributed by atoms with Gasteiger partial charge in [0.2, 0.25) is 0 Å². The maximum Gasteiger partial charge on any atom is 0.433 e. The van der Waals surface area contributed by atoms with Crippen LogP contribution in [0.15, 0.2) is 24.3 Å². The average Bonchev–Trinajstić information content (AvgIpc) is 2.03. The van der Waals surface area contributed by atoms with E-state index in [0.29, 0.717) is 11.1 Å². The molecule has 2 amide bonds. The molecule has 0 saturated heterocycles. The van der Waals surface area contributed by atoms with Crippen LogP contribution in [0.3, 0.4) is 0 Å². The number of alkyl halides is 3. The number of halogens is 3. The number of nitrogens with one attached hydrogen (secondary N) is 1. The summed E-state index contributed by atoms with van der Waals surface area (Å²) >= 11 is 0. The van der Waals surface area contributed by atoms with Crippen LogP contribution in [-0.2, 0) is 0 Å². The van der Waals surface area contributed by atoms with Crippen LogP contribution in [0.2, 0.25) is 0 Å². The van der Waals surface area contributed by atoms with Crippen molar-refractivity contribution in [2.45, 2.75) is 6.18 Å². The third kappa shape index (κ3) is 1.92. The molecule has 13 heavy (non-hydrogen) atoms. The average molecular weight is 193 g/mol. The summed E-state index contributed by atoms with van der Waals surface area (Å²) in [5, 5.41) is 2.21. The number of amides is 2. The standard InChI is InChI=1S/C6H6F3N3O/c7-6(8,9)4-3-11-1-2-12(4)5(10)13/h1-3,11H,(H2,10,13). The van der Waals surface area contributed by atoms with Gasteiger partial charge in [0.25, 0.3) is 0 Å². The molecule has 1 heterocycles. The topological polar surface area (TPSA) is 58.4 Å². The summed E-state index contributed by atoms with van der Waals surface area (Å²) < 4.78 is 36.5. The lowest BCUT2D eigenvalue weighted by Gasteiger charge is -2.23. The first-order valence-electron chi connectivity index (χ1n) is 3.21. The highest BCUT2D eigenvalue weighted by Crippen LogP contribution is 2.29. The summed E-state index contributed by atoms with van der Waals surface area (Å²) in [6, 6.07) is -1.18. The summed E-state index contributed by atoms with van der Waals surface area (Å²) in [5.74, 6) is 0. The molecule has 1 aliphatic heterocycles. The molecule has 0 radical (unpaired) electrons. The number of carbonyl (C=O) groups excluding carboxylic acids is 1. The minimum Gasteiger partial charge on any atom is -0.365 e. The van der Waals surface area contributed by atoms with Crippen molar-refractivity contribution in [1.82, 2.24) is 10.2 Å². The maximum atomic E-state index is 12.2. The van der Waals surface area contributed by atoms with Gasteiger partial charge in [-0.05, 0) is 0 Å². The zero-order valence-electron chi connectivity index (χ0n) is 6.30. The summed E-state index contributed by atoms with van der Waals surface area (Å²) in [4.78, 5) is 10.9. The van der Waals surface area contributed by atoms with Crippen molar-refractivity contribution in [3.63, 3.8) is 0 Å². The number of nitrogens with two attached hydrogens (primary N) is 1. The first-order valence-corrected chi connectivity index (χ1v) is 3.21. The Morgan fingerprint density at radius 3 is 2.54 bits per heavy atom. The van der Waals surface area contributed by atoms with Gasteiger partial charge in [-0.25, -0.2) is 4.79 Å². The van der Waals surface area contributed by atoms with Gasteiger partial charge in [-0.3, -0.25) is 4.90 Å². The maximum absolute atomic E-state index is 12.2. The molecule has 4 nitrogen and oxygen atoms in total. The third-order valence-electron chi connectivity index (χ3n) is 1.33. The van der Waals surface area contributed by atoms with Crippen LogP contribution in [-0.4, -0.2) is 17.1 Å². The van der Waals surface area contributed by atoms with Crippen LogP contribution in [0.25, 0.3) is 0 Å². The molecule has 0 saturated carbocycles. The van der Waals surface area contributed by atoms with E-state index in [1.807, 2.05) is 0 Å². The fraction of sp³-hybridized carbons (Fsp3) is 0.167. The minimum absolute atomic E-state index is 0.316. The van der Waals surface area contributed by atoms with Gasteiger partial charge < -0.3 is 11.1 Å². The lowest BCUT2D eigenvalue weighted by atomic mass is 10.3. The van der Waals surface area contributed by atoms with Crippen molar-refractivity contribution in [1.29, 1.82) is 0 Å². The molecule has 0 spiro atoms. The predicted molar refractivity (Wildman–Crippen MR) is 37.8 cm³/mol. The van der Waals surface area contributed by atoms with Crippen LogP contribution in [0.1, 0.15) is 0 Å². The first kappa shape index (κ1) is 9.43. The molecule has 7 heteroatoms. The molecule has 0 atom stereocenters. The Hall–Kier alpha value is -1.66. The predicted octanol–water partition coefficient (Wildman–Crippen LogP) is 0.845. The molecule has 3 N–H and O–H groups in total. The molecule has 0 aliphatic carbocycles. The molecule has 0 fully saturated rings. The fourth-order valence-electron chi connectivity index (χ4n) is 0.805. The van der Waals surface area contributed by atoms with Gasteiger partial charge >= 0.3 is 12.2 Å². The Kier molecular flexibility index (Phi) is 2.18. The number of nitrogens with zero attached hydrogens (tertiary/aromatic N) is 1. The van der Waals surface area contributed by atoms with Crippen LogP contribution in [0, 0.1) is 0 Å². The Labute approximate surface area is 71.5 Å². The van der Waals surface area contributed by atoms with Crippen LogP contribution >= 0.6 is 0 Å². The molecule has 0 aromatic heterocycles. The van der Waals surface area contributed by atoms with Gasteiger partial charge in [-0.2, -0.15) is 13.2 Å². The number of allylic oxidation sites excluding steroid dienone is 1. The number of rotatable bonds is 0. The Morgan fingerprint density at radius 2 is 2.15 bits per heavy atom. The number of hydrogen-bond donors (Lipinski definition) is 2. The van der Waals surface area contributed by atoms with Crippen LogP contribution < -0.4 is 11.1 Å². The highest BCUT2D eigenvalue weighted by atomic mass is 19.4.